The average Bonchev–Trinajstić information content (AvgIpc) is 3.60. The zero-order valence-corrected chi connectivity index (χ0v) is 22.5. The average molecular weight is 582 g/mol. The molecule has 12 nitrogen and oxygen atoms in total. The molecule has 2 aromatic carbocycles. The van der Waals surface area contributed by atoms with E-state index in [1.54, 1.807) is 23.9 Å². The second-order valence-corrected chi connectivity index (χ2v) is 10.1. The number of anilines is 1. The van der Waals surface area contributed by atoms with Crippen LogP contribution in [-0.2, 0) is 37.1 Å². The molecule has 1 atom stereocenters. The van der Waals surface area contributed by atoms with Gasteiger partial charge in [0.1, 0.15) is 30.5 Å². The van der Waals surface area contributed by atoms with Crippen LogP contribution in [0, 0.1) is 0 Å². The van der Waals surface area contributed by atoms with Gasteiger partial charge >= 0.3 is 6.18 Å². The summed E-state index contributed by atoms with van der Waals surface area (Å²) in [7, 11) is 1.59. The zero-order valence-electron chi connectivity index (χ0n) is 22.5. The predicted molar refractivity (Wildman–Crippen MR) is 141 cm³/mol. The number of benzene rings is 2. The number of hydrogen-bond donors (Lipinski definition) is 1. The lowest BCUT2D eigenvalue weighted by molar-refractivity contribution is -0.148. The highest BCUT2D eigenvalue weighted by atomic mass is 19.4. The minimum atomic E-state index is -4.56. The van der Waals surface area contributed by atoms with Crippen molar-refractivity contribution in [2.45, 2.75) is 38.4 Å². The van der Waals surface area contributed by atoms with Crippen LogP contribution in [0.15, 0.2) is 54.9 Å². The lowest BCUT2D eigenvalue weighted by atomic mass is 10.1. The van der Waals surface area contributed by atoms with Crippen molar-refractivity contribution in [3.8, 4) is 5.75 Å². The van der Waals surface area contributed by atoms with Crippen LogP contribution in [0.3, 0.4) is 0 Å². The fourth-order valence-corrected chi connectivity index (χ4v) is 5.02. The molecule has 2 amide bonds. The lowest BCUT2D eigenvalue weighted by Crippen LogP contribution is -2.49. The number of nitrogens with zero attached hydrogens (tertiary/aromatic N) is 8. The minimum absolute atomic E-state index is 0.0647. The van der Waals surface area contributed by atoms with Crippen LogP contribution in [0.5, 0.6) is 5.75 Å². The number of carbonyl (C=O) groups is 2. The molecule has 2 aliphatic heterocycles. The minimum Gasteiger partial charge on any atom is -0.489 e. The van der Waals surface area contributed by atoms with Gasteiger partial charge in [-0.2, -0.15) is 13.2 Å². The summed E-state index contributed by atoms with van der Waals surface area (Å²) in [5.74, 6) is -1.33. The fraction of sp³-hybridized carbons (Fsp3) is 0.333. The molecule has 2 aromatic heterocycles. The summed E-state index contributed by atoms with van der Waals surface area (Å²) in [6, 6.07) is 14.0. The number of ether oxygens (including phenoxy) is 1. The van der Waals surface area contributed by atoms with Crippen LogP contribution in [0.4, 0.5) is 18.9 Å². The third kappa shape index (κ3) is 5.54. The number of amides is 2. The highest BCUT2D eigenvalue weighted by molar-refractivity contribution is 6.02. The molecule has 2 aliphatic rings. The van der Waals surface area contributed by atoms with E-state index in [2.05, 4.69) is 25.6 Å². The van der Waals surface area contributed by atoms with E-state index in [9.17, 15) is 22.8 Å². The van der Waals surface area contributed by atoms with E-state index in [-0.39, 0.29) is 37.3 Å². The first kappa shape index (κ1) is 27.4. The van der Waals surface area contributed by atoms with Crippen molar-refractivity contribution in [3.05, 3.63) is 83.5 Å². The van der Waals surface area contributed by atoms with Crippen molar-refractivity contribution in [3.63, 3.8) is 0 Å². The Morgan fingerprint density at radius 2 is 1.88 bits per heavy atom. The van der Waals surface area contributed by atoms with E-state index in [0.29, 0.717) is 31.1 Å². The van der Waals surface area contributed by atoms with E-state index in [1.807, 2.05) is 41.3 Å². The molecule has 0 bridgehead atoms. The van der Waals surface area contributed by atoms with Gasteiger partial charge in [0.05, 0.1) is 18.8 Å². The summed E-state index contributed by atoms with van der Waals surface area (Å²) in [5.41, 5.74) is 2.34. The molecule has 0 saturated heterocycles. The van der Waals surface area contributed by atoms with Crippen LogP contribution >= 0.6 is 0 Å². The fourth-order valence-electron chi connectivity index (χ4n) is 5.02. The molecule has 218 valence electrons. The molecule has 0 unspecified atom stereocenters. The van der Waals surface area contributed by atoms with E-state index >= 15 is 0 Å². The van der Waals surface area contributed by atoms with Crippen molar-refractivity contribution in [1.82, 2.24) is 39.7 Å². The molecule has 6 rings (SSSR count). The summed E-state index contributed by atoms with van der Waals surface area (Å²) in [6.45, 7) is 1.47. The Morgan fingerprint density at radius 1 is 1.07 bits per heavy atom. The molecular weight excluding hydrogens is 555 g/mol. The van der Waals surface area contributed by atoms with Gasteiger partial charge in [0, 0.05) is 26.7 Å². The van der Waals surface area contributed by atoms with E-state index in [0.717, 1.165) is 15.7 Å². The molecule has 4 heterocycles. The van der Waals surface area contributed by atoms with Crippen molar-refractivity contribution >= 4 is 17.5 Å². The van der Waals surface area contributed by atoms with Crippen LogP contribution in [0.25, 0.3) is 0 Å². The molecule has 0 aliphatic carbocycles. The Morgan fingerprint density at radius 3 is 2.67 bits per heavy atom. The maximum atomic E-state index is 13.3. The van der Waals surface area contributed by atoms with Gasteiger partial charge < -0.3 is 19.5 Å². The zero-order chi connectivity index (χ0) is 29.4. The third-order valence-corrected chi connectivity index (χ3v) is 7.14. The van der Waals surface area contributed by atoms with E-state index in [1.165, 1.54) is 11.2 Å². The standard InChI is InChI=1S/C27H26F3N9O3/c1-36-20-11-18(12-37-9-10-39-22(14-37)33-34-26(39)27(28,29)30)7-8-21(20)42-15-19(25(36)41)32-24(40)23-31-16-38(35-23)13-17-5-3-2-4-6-17/h2-8,11,16,19H,9-10,12-15H2,1H3,(H,32,40)/t19-/m1/s1. The number of likely N-dealkylation sites (N-methyl/N-ethyl adjacent to an activating group) is 1. The van der Waals surface area contributed by atoms with Crippen LogP contribution in [0.2, 0.25) is 0 Å². The predicted octanol–water partition coefficient (Wildman–Crippen LogP) is 2.11. The van der Waals surface area contributed by atoms with Gasteiger partial charge in [0.25, 0.3) is 11.8 Å². The molecular formula is C27H26F3N9O3. The number of rotatable bonds is 6. The third-order valence-electron chi connectivity index (χ3n) is 7.14. The van der Waals surface area contributed by atoms with Gasteiger partial charge in [0.2, 0.25) is 11.6 Å². The molecule has 0 fully saturated rings. The number of carbonyl (C=O) groups excluding carboxylic acids is 2. The topological polar surface area (TPSA) is 123 Å². The van der Waals surface area contributed by atoms with Gasteiger partial charge in [-0.25, -0.2) is 9.67 Å². The Balaban J connectivity index is 1.10. The van der Waals surface area contributed by atoms with Crippen LogP contribution in [-0.4, -0.2) is 72.5 Å². The van der Waals surface area contributed by atoms with Crippen molar-refractivity contribution in [2.24, 2.45) is 0 Å². The second kappa shape index (κ2) is 10.9. The van der Waals surface area contributed by atoms with E-state index in [4.69, 9.17) is 4.74 Å². The van der Waals surface area contributed by atoms with E-state index < -0.39 is 23.9 Å². The maximum Gasteiger partial charge on any atom is 0.451 e. The van der Waals surface area contributed by atoms with Gasteiger partial charge in [-0.1, -0.05) is 36.4 Å². The summed E-state index contributed by atoms with van der Waals surface area (Å²) in [6.07, 6.45) is -3.10. The molecule has 0 radical (unpaired) electrons. The highest BCUT2D eigenvalue weighted by Gasteiger charge is 2.39. The lowest BCUT2D eigenvalue weighted by Gasteiger charge is -2.28. The molecule has 15 heteroatoms. The molecule has 4 aromatic rings. The highest BCUT2D eigenvalue weighted by Crippen LogP contribution is 2.33. The Kier molecular flexibility index (Phi) is 7.10. The Bertz CT molecular complexity index is 1620. The van der Waals surface area contributed by atoms with Crippen LogP contribution < -0.4 is 15.0 Å². The SMILES string of the molecule is CN1C(=O)[C@H](NC(=O)c2ncn(Cc3ccccc3)n2)COc2ccc(CN3CCn4c(nnc4C(F)(F)F)C3)cc21. The Hall–Kier alpha value is -4.79. The molecule has 42 heavy (non-hydrogen) atoms. The maximum absolute atomic E-state index is 13.3. The van der Waals surface area contributed by atoms with Crippen molar-refractivity contribution in [2.75, 3.05) is 25.1 Å². The molecule has 0 spiro atoms. The largest absolute Gasteiger partial charge is 0.489 e. The molecule has 1 N–H and O–H groups in total. The number of alkyl halides is 3. The first-order chi connectivity index (χ1) is 20.2. The number of halogens is 3. The first-order valence-electron chi connectivity index (χ1n) is 13.1. The van der Waals surface area contributed by atoms with Gasteiger partial charge in [0.15, 0.2) is 0 Å². The summed E-state index contributed by atoms with van der Waals surface area (Å²) < 4.78 is 48.0. The number of nitrogens with one attached hydrogen (secondary N) is 1. The number of hydrogen-bond acceptors (Lipinski definition) is 8. The monoisotopic (exact) mass is 581 g/mol. The second-order valence-electron chi connectivity index (χ2n) is 10.1. The smallest absolute Gasteiger partial charge is 0.451 e. The van der Waals surface area contributed by atoms with Crippen molar-refractivity contribution < 1.29 is 27.5 Å². The van der Waals surface area contributed by atoms with Gasteiger partial charge in [-0.3, -0.25) is 14.5 Å². The normalized spacial score (nSPS) is 17.3. The van der Waals surface area contributed by atoms with Crippen molar-refractivity contribution in [1.29, 1.82) is 0 Å². The molecule has 0 saturated carbocycles. The van der Waals surface area contributed by atoms with Crippen LogP contribution in [0.1, 0.15) is 33.4 Å². The number of aromatic nitrogens is 6. The van der Waals surface area contributed by atoms with Gasteiger partial charge in [-0.15, -0.1) is 15.3 Å². The first-order valence-corrected chi connectivity index (χ1v) is 13.1. The Labute approximate surface area is 237 Å². The van der Waals surface area contributed by atoms with Gasteiger partial charge in [-0.05, 0) is 23.3 Å². The summed E-state index contributed by atoms with van der Waals surface area (Å²) in [5, 5.41) is 14.0. The summed E-state index contributed by atoms with van der Waals surface area (Å²) >= 11 is 0. The number of fused-ring (bicyclic) bond motifs is 2. The summed E-state index contributed by atoms with van der Waals surface area (Å²) in [4.78, 5) is 33.6. The quantitative estimate of drug-likeness (QED) is 0.368.